The van der Waals surface area contributed by atoms with Crippen molar-refractivity contribution in [3.63, 3.8) is 0 Å². The van der Waals surface area contributed by atoms with E-state index in [1.165, 1.54) is 0 Å². The lowest BCUT2D eigenvalue weighted by molar-refractivity contribution is 0.100. The van der Waals surface area contributed by atoms with Crippen LogP contribution in [0.5, 0.6) is 11.5 Å². The summed E-state index contributed by atoms with van der Waals surface area (Å²) in [6.07, 6.45) is 0. The van der Waals surface area contributed by atoms with Crippen molar-refractivity contribution in [3.8, 4) is 22.9 Å². The number of nitrogens with two attached hydrogens (primary N) is 1. The quantitative estimate of drug-likeness (QED) is 0.272. The van der Waals surface area contributed by atoms with Crippen molar-refractivity contribution in [2.75, 3.05) is 7.11 Å². The fraction of sp³-hybridized carbons (Fsp3) is 0.0909. The normalized spacial score (nSPS) is 11.0. The highest BCUT2D eigenvalue weighted by Gasteiger charge is 2.21. The van der Waals surface area contributed by atoms with E-state index in [0.717, 1.165) is 20.1 Å². The van der Waals surface area contributed by atoms with E-state index in [4.69, 9.17) is 15.2 Å². The minimum Gasteiger partial charge on any atom is -0.493 e. The van der Waals surface area contributed by atoms with Gasteiger partial charge < -0.3 is 20.2 Å². The third-order valence-electron chi connectivity index (χ3n) is 4.68. The van der Waals surface area contributed by atoms with Crippen molar-refractivity contribution >= 4 is 64.7 Å². The van der Waals surface area contributed by atoms with Crippen LogP contribution >= 0.6 is 47.8 Å². The van der Waals surface area contributed by atoms with Gasteiger partial charge in [0, 0.05) is 14.5 Å². The summed E-state index contributed by atoms with van der Waals surface area (Å²) in [4.78, 5) is 19.6. The van der Waals surface area contributed by atoms with E-state index in [9.17, 15) is 4.79 Å². The maximum atomic E-state index is 11.7. The minimum atomic E-state index is -0.529. The summed E-state index contributed by atoms with van der Waals surface area (Å²) in [6, 6.07) is 15.0. The summed E-state index contributed by atoms with van der Waals surface area (Å²) in [7, 11) is 1.58. The summed E-state index contributed by atoms with van der Waals surface area (Å²) < 4.78 is 14.1. The molecule has 1 amide bonds. The van der Waals surface area contributed by atoms with Crippen LogP contribution in [0.4, 0.5) is 0 Å². The second-order valence-electron chi connectivity index (χ2n) is 6.65. The first-order chi connectivity index (χ1) is 14.9. The molecule has 0 aliphatic carbocycles. The van der Waals surface area contributed by atoms with E-state index >= 15 is 0 Å². The van der Waals surface area contributed by atoms with E-state index in [2.05, 4.69) is 57.8 Å². The molecule has 4 rings (SSSR count). The lowest BCUT2D eigenvalue weighted by Crippen LogP contribution is -2.11. The molecule has 1 heterocycles. The third kappa shape index (κ3) is 4.35. The third-order valence-corrected chi connectivity index (χ3v) is 7.32. The number of para-hydroxylation sites is 1. The van der Waals surface area contributed by atoms with Crippen LogP contribution in [0.1, 0.15) is 15.9 Å². The Labute approximate surface area is 203 Å². The van der Waals surface area contributed by atoms with Crippen LogP contribution in [0.15, 0.2) is 61.9 Å². The van der Waals surface area contributed by atoms with Gasteiger partial charge in [0.2, 0.25) is 0 Å². The molecule has 4 aromatic rings. The number of aromatic nitrogens is 2. The number of ether oxygens (including phenoxy) is 2. The van der Waals surface area contributed by atoms with Gasteiger partial charge in [-0.2, -0.15) is 0 Å². The van der Waals surface area contributed by atoms with E-state index < -0.39 is 5.91 Å². The summed E-state index contributed by atoms with van der Waals surface area (Å²) in [5.41, 5.74) is 8.84. The Morgan fingerprint density at radius 2 is 1.84 bits per heavy atom. The number of nitrogens with one attached hydrogen (secondary N) is 1. The summed E-state index contributed by atoms with van der Waals surface area (Å²) in [5, 5.41) is 0. The Hall–Kier alpha value is -2.36. The number of carbonyl (C=O) groups excluding carboxylic acids is 1. The second kappa shape index (κ2) is 9.02. The molecule has 9 heteroatoms. The second-order valence-corrected chi connectivity index (χ2v) is 9.15. The highest BCUT2D eigenvalue weighted by Crippen LogP contribution is 2.46. The number of fused-ring (bicyclic) bond motifs is 1. The smallest absolute Gasteiger partial charge is 0.250 e. The molecule has 0 unspecified atom stereocenters. The van der Waals surface area contributed by atoms with Crippen molar-refractivity contribution < 1.29 is 14.3 Å². The number of halogens is 3. The van der Waals surface area contributed by atoms with Crippen molar-refractivity contribution in [2.24, 2.45) is 5.73 Å². The predicted octanol–water partition coefficient (Wildman–Crippen LogP) is 6.20. The Balaban J connectivity index is 1.74. The average Bonchev–Trinajstić information content (AvgIpc) is 3.19. The molecule has 31 heavy (non-hydrogen) atoms. The average molecular weight is 610 g/mol. The molecule has 0 radical (unpaired) electrons. The largest absolute Gasteiger partial charge is 0.493 e. The van der Waals surface area contributed by atoms with E-state index in [-0.39, 0.29) is 0 Å². The van der Waals surface area contributed by atoms with Crippen LogP contribution in [0, 0.1) is 0 Å². The fourth-order valence-corrected chi connectivity index (χ4v) is 4.41. The molecule has 0 spiro atoms. The highest BCUT2D eigenvalue weighted by molar-refractivity contribution is 9.13. The van der Waals surface area contributed by atoms with Crippen LogP contribution in [-0.2, 0) is 6.61 Å². The maximum Gasteiger partial charge on any atom is 0.250 e. The molecular weight excluding hydrogens is 594 g/mol. The molecule has 0 fully saturated rings. The number of rotatable bonds is 6. The van der Waals surface area contributed by atoms with Gasteiger partial charge in [0.1, 0.15) is 17.9 Å². The zero-order chi connectivity index (χ0) is 22.1. The molecule has 0 aliphatic heterocycles. The monoisotopic (exact) mass is 607 g/mol. The molecule has 0 bridgehead atoms. The summed E-state index contributed by atoms with van der Waals surface area (Å²) in [6.45, 7) is 0.376. The van der Waals surface area contributed by atoms with Gasteiger partial charge in [-0.3, -0.25) is 4.79 Å². The van der Waals surface area contributed by atoms with E-state index in [1.807, 2.05) is 36.4 Å². The Morgan fingerprint density at radius 3 is 2.52 bits per heavy atom. The van der Waals surface area contributed by atoms with Gasteiger partial charge in [0.15, 0.2) is 11.5 Å². The maximum absolute atomic E-state index is 11.7. The molecule has 0 atom stereocenters. The topological polar surface area (TPSA) is 90.2 Å². The van der Waals surface area contributed by atoms with Crippen LogP contribution in [0.25, 0.3) is 22.4 Å². The van der Waals surface area contributed by atoms with E-state index in [1.54, 1.807) is 19.2 Å². The van der Waals surface area contributed by atoms with Crippen LogP contribution in [0.3, 0.4) is 0 Å². The first-order valence-corrected chi connectivity index (χ1v) is 11.5. The number of H-pyrrole nitrogens is 1. The Morgan fingerprint density at radius 1 is 1.10 bits per heavy atom. The number of imidazole rings is 1. The number of nitrogens with zero attached hydrogens (tertiary/aromatic N) is 1. The number of benzene rings is 3. The van der Waals surface area contributed by atoms with Gasteiger partial charge in [0.25, 0.3) is 5.91 Å². The molecule has 3 aromatic carbocycles. The summed E-state index contributed by atoms with van der Waals surface area (Å²) in [5.74, 6) is 1.14. The van der Waals surface area contributed by atoms with Gasteiger partial charge in [0.05, 0.1) is 22.7 Å². The van der Waals surface area contributed by atoms with Crippen LogP contribution < -0.4 is 15.2 Å². The zero-order valence-corrected chi connectivity index (χ0v) is 21.0. The first kappa shape index (κ1) is 21.9. The molecular formula is C22H16Br3N3O3. The number of methoxy groups -OCH3 is 1. The number of hydrogen-bond acceptors (Lipinski definition) is 4. The van der Waals surface area contributed by atoms with Crippen LogP contribution in [0.2, 0.25) is 0 Å². The first-order valence-electron chi connectivity index (χ1n) is 9.11. The highest BCUT2D eigenvalue weighted by atomic mass is 79.9. The molecule has 6 nitrogen and oxygen atoms in total. The molecule has 0 saturated carbocycles. The van der Waals surface area contributed by atoms with Gasteiger partial charge in [-0.15, -0.1) is 0 Å². The molecule has 158 valence electrons. The van der Waals surface area contributed by atoms with Crippen LogP contribution in [-0.4, -0.2) is 23.0 Å². The Bertz CT molecular complexity index is 1290. The summed E-state index contributed by atoms with van der Waals surface area (Å²) >= 11 is 10.7. The minimum absolute atomic E-state index is 0.358. The number of primary amides is 1. The number of aromatic amines is 1. The standard InChI is InChI=1S/C22H16Br3N3O3/c1-30-16-9-14(22-27-15-4-2-3-13(21(26)29)19(15)28-22)17(24)18(25)20(16)31-10-11-5-7-12(23)8-6-11/h2-9H,10H2,1H3,(H2,26,29)(H,27,28). The molecule has 0 saturated heterocycles. The fourth-order valence-electron chi connectivity index (χ4n) is 3.14. The number of amides is 1. The molecule has 1 aromatic heterocycles. The van der Waals surface area contributed by atoms with Gasteiger partial charge in [-0.1, -0.05) is 34.1 Å². The van der Waals surface area contributed by atoms with Gasteiger partial charge in [-0.05, 0) is 67.8 Å². The predicted molar refractivity (Wildman–Crippen MR) is 130 cm³/mol. The van der Waals surface area contributed by atoms with Gasteiger partial charge >= 0.3 is 0 Å². The number of carbonyl (C=O) groups is 1. The SMILES string of the molecule is COc1cc(-c2nc3c(C(N)=O)cccc3[nH]2)c(Br)c(Br)c1OCc1ccc(Br)cc1. The number of hydrogen-bond donors (Lipinski definition) is 2. The van der Waals surface area contributed by atoms with E-state index in [0.29, 0.717) is 45.0 Å². The Kier molecular flexibility index (Phi) is 6.36. The van der Waals surface area contributed by atoms with Gasteiger partial charge in [-0.25, -0.2) is 4.98 Å². The zero-order valence-electron chi connectivity index (χ0n) is 16.2. The lowest BCUT2D eigenvalue weighted by Gasteiger charge is -2.16. The van der Waals surface area contributed by atoms with Crippen molar-refractivity contribution in [1.29, 1.82) is 0 Å². The molecule has 0 aliphatic rings. The van der Waals surface area contributed by atoms with Crippen molar-refractivity contribution in [3.05, 3.63) is 73.1 Å². The molecule has 3 N–H and O–H groups in total. The lowest BCUT2D eigenvalue weighted by atomic mass is 10.2. The van der Waals surface area contributed by atoms with Crippen molar-refractivity contribution in [1.82, 2.24) is 9.97 Å². The van der Waals surface area contributed by atoms with Crippen molar-refractivity contribution in [2.45, 2.75) is 6.61 Å².